The lowest BCUT2D eigenvalue weighted by Crippen LogP contribution is -2.30. The van der Waals surface area contributed by atoms with E-state index in [0.29, 0.717) is 33.5 Å². The highest BCUT2D eigenvalue weighted by molar-refractivity contribution is 7.89. The van der Waals surface area contributed by atoms with Crippen molar-refractivity contribution in [2.75, 3.05) is 13.1 Å². The molecular weight excluding hydrogens is 477 g/mol. The highest BCUT2D eigenvalue weighted by Gasteiger charge is 2.21. The molecule has 10 heteroatoms. The molecule has 0 aliphatic carbocycles. The molecule has 6 nitrogen and oxygen atoms in total. The van der Waals surface area contributed by atoms with E-state index in [1.807, 2.05) is 0 Å². The van der Waals surface area contributed by atoms with Crippen LogP contribution in [-0.4, -0.2) is 36.3 Å². The fourth-order valence-electron chi connectivity index (χ4n) is 3.09. The number of rotatable bonds is 6. The lowest BCUT2D eigenvalue weighted by molar-refractivity contribution is 0.0998. The summed E-state index contributed by atoms with van der Waals surface area (Å²) in [6.07, 6.45) is 5.48. The van der Waals surface area contributed by atoms with E-state index in [-0.39, 0.29) is 17.0 Å². The van der Waals surface area contributed by atoms with Crippen LogP contribution in [0.25, 0.3) is 10.2 Å². The molecule has 0 unspecified atom stereocenters. The van der Waals surface area contributed by atoms with Crippen molar-refractivity contribution < 1.29 is 13.2 Å². The molecule has 1 heterocycles. The van der Waals surface area contributed by atoms with E-state index in [1.54, 1.807) is 30.5 Å². The Bertz CT molecular complexity index is 1350. The second-order valence-electron chi connectivity index (χ2n) is 6.44. The Balaban J connectivity index is 2.03. The van der Waals surface area contributed by atoms with Gasteiger partial charge in [-0.3, -0.25) is 4.79 Å². The standard InChI is InChI=1S/C21H19Cl2N3O3S2/c1-4-11-26-19-17(23)12-15(22)13-18(19)30-21(26)24-20(27)14-7-9-16(10-8-14)31(28,29)25(5-2)6-3/h1,7-10,12-13H,5-6,11H2,2-3H3. The molecular formula is C21H19Cl2N3O3S2. The summed E-state index contributed by atoms with van der Waals surface area (Å²) in [7, 11) is -3.60. The first-order valence-electron chi connectivity index (χ1n) is 9.34. The third kappa shape index (κ3) is 4.71. The van der Waals surface area contributed by atoms with Gasteiger partial charge in [-0.15, -0.1) is 6.42 Å². The van der Waals surface area contributed by atoms with Gasteiger partial charge in [0.15, 0.2) is 4.80 Å². The minimum absolute atomic E-state index is 0.124. The van der Waals surface area contributed by atoms with Gasteiger partial charge in [-0.05, 0) is 36.4 Å². The lowest BCUT2D eigenvalue weighted by Gasteiger charge is -2.18. The molecule has 0 N–H and O–H groups in total. The van der Waals surface area contributed by atoms with Crippen LogP contribution in [0.5, 0.6) is 0 Å². The quantitative estimate of drug-likeness (QED) is 0.475. The minimum atomic E-state index is -3.60. The fourth-order valence-corrected chi connectivity index (χ4v) is 6.35. The molecule has 0 saturated heterocycles. The van der Waals surface area contributed by atoms with Gasteiger partial charge in [0, 0.05) is 23.7 Å². The molecule has 3 rings (SSSR count). The van der Waals surface area contributed by atoms with Crippen molar-refractivity contribution in [2.45, 2.75) is 25.3 Å². The average Bonchev–Trinajstić information content (AvgIpc) is 3.06. The van der Waals surface area contributed by atoms with Crippen LogP contribution in [0.1, 0.15) is 24.2 Å². The van der Waals surface area contributed by atoms with Gasteiger partial charge in [0.05, 0.1) is 26.7 Å². The van der Waals surface area contributed by atoms with E-state index < -0.39 is 15.9 Å². The molecule has 0 aliphatic heterocycles. The second kappa shape index (κ2) is 9.55. The molecule has 0 bridgehead atoms. The molecule has 2 aromatic carbocycles. The van der Waals surface area contributed by atoms with Gasteiger partial charge in [-0.2, -0.15) is 9.30 Å². The second-order valence-corrected chi connectivity index (χ2v) is 10.2. The molecule has 0 fully saturated rings. The SMILES string of the molecule is C#CCn1c(=NC(=O)c2ccc(S(=O)(=O)N(CC)CC)cc2)sc2cc(Cl)cc(Cl)c21. The maximum Gasteiger partial charge on any atom is 0.279 e. The minimum Gasteiger partial charge on any atom is -0.303 e. The number of halogens is 2. The van der Waals surface area contributed by atoms with Crippen LogP contribution in [0.15, 0.2) is 46.3 Å². The number of carbonyl (C=O) groups is 1. The van der Waals surface area contributed by atoms with Gasteiger partial charge in [-0.25, -0.2) is 8.42 Å². The number of hydrogen-bond donors (Lipinski definition) is 0. The average molecular weight is 496 g/mol. The zero-order valence-electron chi connectivity index (χ0n) is 16.8. The molecule has 1 amide bonds. The smallest absolute Gasteiger partial charge is 0.279 e. The van der Waals surface area contributed by atoms with Crippen molar-refractivity contribution in [3.8, 4) is 12.3 Å². The van der Waals surface area contributed by atoms with E-state index in [9.17, 15) is 13.2 Å². The molecule has 31 heavy (non-hydrogen) atoms. The van der Waals surface area contributed by atoms with Gasteiger partial charge in [0.1, 0.15) is 0 Å². The van der Waals surface area contributed by atoms with E-state index in [2.05, 4.69) is 10.9 Å². The summed E-state index contributed by atoms with van der Waals surface area (Å²) in [6, 6.07) is 9.05. The van der Waals surface area contributed by atoms with Gasteiger partial charge >= 0.3 is 0 Å². The van der Waals surface area contributed by atoms with Crippen molar-refractivity contribution in [2.24, 2.45) is 4.99 Å². The number of thiazole rings is 1. The summed E-state index contributed by atoms with van der Waals surface area (Å²) in [5.74, 6) is 2.02. The third-order valence-electron chi connectivity index (χ3n) is 4.59. The van der Waals surface area contributed by atoms with Crippen molar-refractivity contribution in [3.05, 3.63) is 56.8 Å². The number of carbonyl (C=O) groups excluding carboxylic acids is 1. The van der Waals surface area contributed by atoms with Gasteiger partial charge in [0.25, 0.3) is 5.91 Å². The molecule has 0 spiro atoms. The zero-order chi connectivity index (χ0) is 22.8. The first-order chi connectivity index (χ1) is 14.7. The summed E-state index contributed by atoms with van der Waals surface area (Å²) in [6.45, 7) is 4.45. The van der Waals surface area contributed by atoms with Gasteiger partial charge < -0.3 is 4.57 Å². The Morgan fingerprint density at radius 3 is 2.42 bits per heavy atom. The highest BCUT2D eigenvalue weighted by Crippen LogP contribution is 2.29. The Morgan fingerprint density at radius 2 is 1.84 bits per heavy atom. The van der Waals surface area contributed by atoms with E-state index in [0.717, 1.165) is 4.70 Å². The zero-order valence-corrected chi connectivity index (χ0v) is 19.9. The summed E-state index contributed by atoms with van der Waals surface area (Å²) in [4.78, 5) is 17.5. The first kappa shape index (κ1) is 23.5. The maximum absolute atomic E-state index is 12.8. The summed E-state index contributed by atoms with van der Waals surface area (Å²) >= 11 is 13.6. The van der Waals surface area contributed by atoms with Crippen LogP contribution in [0.3, 0.4) is 0 Å². The maximum atomic E-state index is 12.8. The van der Waals surface area contributed by atoms with Crippen molar-refractivity contribution >= 4 is 60.7 Å². The Kier molecular flexibility index (Phi) is 7.24. The number of sulfonamides is 1. The summed E-state index contributed by atoms with van der Waals surface area (Å²) in [5.41, 5.74) is 0.911. The van der Waals surface area contributed by atoms with Crippen molar-refractivity contribution in [3.63, 3.8) is 0 Å². The molecule has 0 aliphatic rings. The molecule has 0 atom stereocenters. The number of hydrogen-bond acceptors (Lipinski definition) is 4. The largest absolute Gasteiger partial charge is 0.303 e. The topological polar surface area (TPSA) is 71.7 Å². The third-order valence-corrected chi connectivity index (χ3v) is 8.18. The van der Waals surface area contributed by atoms with Crippen molar-refractivity contribution in [1.82, 2.24) is 8.87 Å². The molecule has 0 saturated carbocycles. The predicted octanol–water partition coefficient (Wildman–Crippen LogP) is 4.41. The number of aromatic nitrogens is 1. The Labute approximate surface area is 194 Å². The Morgan fingerprint density at radius 1 is 1.19 bits per heavy atom. The van der Waals surface area contributed by atoms with Crippen molar-refractivity contribution in [1.29, 1.82) is 0 Å². The van der Waals surface area contributed by atoms with Crippen LogP contribution >= 0.6 is 34.5 Å². The van der Waals surface area contributed by atoms with E-state index in [1.165, 1.54) is 39.9 Å². The predicted molar refractivity (Wildman–Crippen MR) is 125 cm³/mol. The van der Waals surface area contributed by atoms with Gasteiger partial charge in [0.2, 0.25) is 10.0 Å². The molecule has 3 aromatic rings. The number of amides is 1. The summed E-state index contributed by atoms with van der Waals surface area (Å²) in [5, 5.41) is 0.878. The number of terminal acetylenes is 1. The van der Waals surface area contributed by atoms with Crippen LogP contribution in [-0.2, 0) is 16.6 Å². The lowest BCUT2D eigenvalue weighted by atomic mass is 10.2. The van der Waals surface area contributed by atoms with Gasteiger partial charge in [-0.1, -0.05) is 54.3 Å². The fraction of sp³-hybridized carbons (Fsp3) is 0.238. The van der Waals surface area contributed by atoms with Crippen LogP contribution < -0.4 is 4.80 Å². The number of benzene rings is 2. The van der Waals surface area contributed by atoms with Crippen LogP contribution in [0, 0.1) is 12.3 Å². The van der Waals surface area contributed by atoms with E-state index >= 15 is 0 Å². The van der Waals surface area contributed by atoms with E-state index in [4.69, 9.17) is 29.6 Å². The molecule has 0 radical (unpaired) electrons. The molecule has 1 aromatic heterocycles. The molecule has 162 valence electrons. The monoisotopic (exact) mass is 495 g/mol. The normalized spacial score (nSPS) is 12.5. The van der Waals surface area contributed by atoms with Crippen LogP contribution in [0.4, 0.5) is 0 Å². The summed E-state index contributed by atoms with van der Waals surface area (Å²) < 4.78 is 29.0. The number of fused-ring (bicyclic) bond motifs is 1. The first-order valence-corrected chi connectivity index (χ1v) is 12.3. The Hall–Kier alpha value is -2.15. The van der Waals surface area contributed by atoms with Crippen LogP contribution in [0.2, 0.25) is 10.0 Å². The highest BCUT2D eigenvalue weighted by atomic mass is 35.5. The number of nitrogens with zero attached hydrogens (tertiary/aromatic N) is 3.